The molecule has 0 radical (unpaired) electrons. The van der Waals surface area contributed by atoms with Gasteiger partial charge in [-0.1, -0.05) is 31.3 Å². The maximum atomic E-state index is 12.8. The van der Waals surface area contributed by atoms with Crippen molar-refractivity contribution in [1.82, 2.24) is 9.29 Å². The van der Waals surface area contributed by atoms with E-state index < -0.39 is 10.0 Å². The summed E-state index contributed by atoms with van der Waals surface area (Å²) in [5.74, 6) is 0.608. The van der Waals surface area contributed by atoms with E-state index in [0.717, 1.165) is 10.2 Å². The molecule has 4 aromatic rings. The first-order valence-corrected chi connectivity index (χ1v) is 12.3. The molecule has 0 aliphatic rings. The highest BCUT2D eigenvalue weighted by molar-refractivity contribution is 7.89. The van der Waals surface area contributed by atoms with Crippen LogP contribution >= 0.6 is 11.3 Å². The molecule has 1 amide bonds. The molecule has 2 aromatic carbocycles. The van der Waals surface area contributed by atoms with Crippen molar-refractivity contribution in [3.05, 3.63) is 77.7 Å². The summed E-state index contributed by atoms with van der Waals surface area (Å²) in [4.78, 5) is 17.2. The average molecular weight is 470 g/mol. The molecule has 0 saturated carbocycles. The van der Waals surface area contributed by atoms with Gasteiger partial charge in [-0.2, -0.15) is 4.31 Å². The van der Waals surface area contributed by atoms with Gasteiger partial charge in [0.05, 0.1) is 27.9 Å². The quantitative estimate of drug-likeness (QED) is 0.407. The van der Waals surface area contributed by atoms with Gasteiger partial charge in [-0.05, 0) is 60.0 Å². The van der Waals surface area contributed by atoms with Crippen LogP contribution in [0.15, 0.2) is 70.2 Å². The molecule has 2 aromatic heterocycles. The van der Waals surface area contributed by atoms with E-state index in [-0.39, 0.29) is 17.3 Å². The van der Waals surface area contributed by atoms with Crippen LogP contribution in [0.3, 0.4) is 0 Å². The Hall–Kier alpha value is -3.01. The Morgan fingerprint density at radius 3 is 2.56 bits per heavy atom. The topological polar surface area (TPSA) is 92.5 Å². The third-order valence-electron chi connectivity index (χ3n) is 5.08. The largest absolute Gasteiger partial charge is 0.468 e. The van der Waals surface area contributed by atoms with E-state index in [1.54, 1.807) is 12.1 Å². The molecule has 0 saturated heterocycles. The molecule has 0 fully saturated rings. The van der Waals surface area contributed by atoms with Crippen molar-refractivity contribution < 1.29 is 17.6 Å². The number of fused-ring (bicyclic) bond motifs is 1. The molecule has 9 heteroatoms. The predicted octanol–water partition coefficient (Wildman–Crippen LogP) is 5.09. The van der Waals surface area contributed by atoms with Gasteiger partial charge in [-0.3, -0.25) is 10.1 Å². The summed E-state index contributed by atoms with van der Waals surface area (Å²) in [6.07, 6.45) is 1.50. The summed E-state index contributed by atoms with van der Waals surface area (Å²) in [5, 5.41) is 3.30. The summed E-state index contributed by atoms with van der Waals surface area (Å²) >= 11 is 1.41. The standard InChI is InChI=1S/C23H23N3O4S2/c1-15(2)17-8-11-20-21(13-17)31-23(24-20)25-22(27)16-6-9-19(10-7-16)32(28,29)26(3)14-18-5-4-12-30-18/h4-13,15H,14H2,1-3H3,(H,24,25,27). The van der Waals surface area contributed by atoms with E-state index in [1.165, 1.54) is 58.8 Å². The molecule has 1 N–H and O–H groups in total. The smallest absolute Gasteiger partial charge is 0.257 e. The fourth-order valence-electron chi connectivity index (χ4n) is 3.19. The zero-order valence-electron chi connectivity index (χ0n) is 17.9. The molecule has 0 bridgehead atoms. The van der Waals surface area contributed by atoms with Crippen LogP contribution in [0.2, 0.25) is 0 Å². The normalized spacial score (nSPS) is 12.0. The summed E-state index contributed by atoms with van der Waals surface area (Å²) in [7, 11) is -2.23. The average Bonchev–Trinajstić information content (AvgIpc) is 3.42. The van der Waals surface area contributed by atoms with Gasteiger partial charge in [-0.15, -0.1) is 0 Å². The van der Waals surface area contributed by atoms with E-state index >= 15 is 0 Å². The fraction of sp³-hybridized carbons (Fsp3) is 0.217. The number of carbonyl (C=O) groups is 1. The van der Waals surface area contributed by atoms with Crippen molar-refractivity contribution in [1.29, 1.82) is 0 Å². The highest BCUT2D eigenvalue weighted by Crippen LogP contribution is 2.29. The number of nitrogens with one attached hydrogen (secondary N) is 1. The first-order chi connectivity index (χ1) is 15.2. The molecule has 0 aliphatic heterocycles. The second-order valence-electron chi connectivity index (χ2n) is 7.72. The number of thiazole rings is 1. The highest BCUT2D eigenvalue weighted by atomic mass is 32.2. The molecule has 4 rings (SSSR count). The molecular formula is C23H23N3O4S2. The lowest BCUT2D eigenvalue weighted by Crippen LogP contribution is -2.26. The number of aromatic nitrogens is 1. The van der Waals surface area contributed by atoms with Crippen molar-refractivity contribution in [3.8, 4) is 0 Å². The fourth-order valence-corrected chi connectivity index (χ4v) is 5.23. The van der Waals surface area contributed by atoms with Gasteiger partial charge in [0.25, 0.3) is 5.91 Å². The van der Waals surface area contributed by atoms with Crippen LogP contribution in [0.4, 0.5) is 5.13 Å². The number of hydrogen-bond donors (Lipinski definition) is 1. The lowest BCUT2D eigenvalue weighted by Gasteiger charge is -2.16. The molecule has 2 heterocycles. The number of rotatable bonds is 7. The molecule has 166 valence electrons. The number of nitrogens with zero attached hydrogens (tertiary/aromatic N) is 2. The second-order valence-corrected chi connectivity index (χ2v) is 10.8. The van der Waals surface area contributed by atoms with E-state index in [0.29, 0.717) is 22.4 Å². The molecule has 0 spiro atoms. The molecule has 0 atom stereocenters. The SMILES string of the molecule is CC(C)c1ccc2nc(NC(=O)c3ccc(S(=O)(=O)N(C)Cc4ccco4)cc3)sc2c1. The van der Waals surface area contributed by atoms with Crippen molar-refractivity contribution >= 4 is 42.6 Å². The molecule has 0 unspecified atom stereocenters. The number of hydrogen-bond acceptors (Lipinski definition) is 6. The molecule has 0 aliphatic carbocycles. The van der Waals surface area contributed by atoms with Crippen LogP contribution in [0.25, 0.3) is 10.2 Å². The van der Waals surface area contributed by atoms with Crippen molar-refractivity contribution in [2.24, 2.45) is 0 Å². The molecular weight excluding hydrogens is 446 g/mol. The van der Waals surface area contributed by atoms with E-state index in [9.17, 15) is 13.2 Å². The predicted molar refractivity (Wildman–Crippen MR) is 125 cm³/mol. The first kappa shape index (κ1) is 22.2. The molecule has 32 heavy (non-hydrogen) atoms. The Bertz CT molecular complexity index is 1340. The van der Waals surface area contributed by atoms with Gasteiger partial charge in [0.15, 0.2) is 5.13 Å². The van der Waals surface area contributed by atoms with Crippen LogP contribution in [-0.2, 0) is 16.6 Å². The van der Waals surface area contributed by atoms with Gasteiger partial charge in [-0.25, -0.2) is 13.4 Å². The van der Waals surface area contributed by atoms with E-state index in [4.69, 9.17) is 4.42 Å². The minimum atomic E-state index is -3.71. The highest BCUT2D eigenvalue weighted by Gasteiger charge is 2.22. The lowest BCUT2D eigenvalue weighted by molar-refractivity contribution is 0.102. The number of carbonyl (C=O) groups excluding carboxylic acids is 1. The van der Waals surface area contributed by atoms with Crippen LogP contribution in [0.5, 0.6) is 0 Å². The van der Waals surface area contributed by atoms with Gasteiger partial charge < -0.3 is 4.42 Å². The molecule has 7 nitrogen and oxygen atoms in total. The number of benzene rings is 2. The zero-order chi connectivity index (χ0) is 22.9. The van der Waals surface area contributed by atoms with E-state index in [1.807, 2.05) is 12.1 Å². The van der Waals surface area contributed by atoms with Gasteiger partial charge in [0.2, 0.25) is 10.0 Å². The van der Waals surface area contributed by atoms with Gasteiger partial charge in [0, 0.05) is 12.6 Å². The van der Waals surface area contributed by atoms with Crippen LogP contribution in [0.1, 0.15) is 41.4 Å². The van der Waals surface area contributed by atoms with Crippen molar-refractivity contribution in [3.63, 3.8) is 0 Å². The summed E-state index contributed by atoms with van der Waals surface area (Å²) < 4.78 is 33.0. The number of furan rings is 1. The third-order valence-corrected chi connectivity index (χ3v) is 7.83. The van der Waals surface area contributed by atoms with Crippen LogP contribution < -0.4 is 5.32 Å². The minimum Gasteiger partial charge on any atom is -0.468 e. The van der Waals surface area contributed by atoms with Crippen LogP contribution in [-0.4, -0.2) is 30.7 Å². The Morgan fingerprint density at radius 2 is 1.91 bits per heavy atom. The second kappa shape index (κ2) is 8.85. The van der Waals surface area contributed by atoms with Gasteiger partial charge >= 0.3 is 0 Å². The number of anilines is 1. The Labute approximate surface area is 190 Å². The van der Waals surface area contributed by atoms with Crippen molar-refractivity contribution in [2.45, 2.75) is 31.2 Å². The Kier molecular flexibility index (Phi) is 6.14. The Morgan fingerprint density at radius 1 is 1.16 bits per heavy atom. The summed E-state index contributed by atoms with van der Waals surface area (Å²) in [5.41, 5.74) is 2.39. The maximum Gasteiger partial charge on any atom is 0.257 e. The zero-order valence-corrected chi connectivity index (χ0v) is 19.5. The van der Waals surface area contributed by atoms with Gasteiger partial charge in [0.1, 0.15) is 5.76 Å². The summed E-state index contributed by atoms with van der Waals surface area (Å²) in [6, 6.07) is 15.3. The minimum absolute atomic E-state index is 0.101. The monoisotopic (exact) mass is 469 g/mol. The van der Waals surface area contributed by atoms with E-state index in [2.05, 4.69) is 30.2 Å². The number of amides is 1. The summed E-state index contributed by atoms with van der Waals surface area (Å²) in [6.45, 7) is 4.38. The first-order valence-electron chi connectivity index (χ1n) is 10.0. The maximum absolute atomic E-state index is 12.8. The van der Waals surface area contributed by atoms with Crippen LogP contribution in [0, 0.1) is 0 Å². The Balaban J connectivity index is 1.47. The van der Waals surface area contributed by atoms with Crippen molar-refractivity contribution in [2.75, 3.05) is 12.4 Å². The lowest BCUT2D eigenvalue weighted by atomic mass is 10.0. The third kappa shape index (κ3) is 4.59. The number of sulfonamides is 1.